The highest BCUT2D eigenvalue weighted by Crippen LogP contribution is 2.33. The Hall–Kier alpha value is -1.94. The van der Waals surface area contributed by atoms with Crippen LogP contribution in [0.15, 0.2) is 12.3 Å². The zero-order chi connectivity index (χ0) is 19.4. The number of aryl methyl sites for hydroxylation is 1. The fourth-order valence-corrected chi connectivity index (χ4v) is 3.24. The predicted octanol–water partition coefficient (Wildman–Crippen LogP) is 2.86. The molecule has 27 heavy (non-hydrogen) atoms. The summed E-state index contributed by atoms with van der Waals surface area (Å²) in [4.78, 5) is 8.05. The van der Waals surface area contributed by atoms with E-state index in [1.807, 2.05) is 9.58 Å². The Kier molecular flexibility index (Phi) is 6.15. The van der Waals surface area contributed by atoms with Crippen molar-refractivity contribution in [1.82, 2.24) is 30.1 Å². The first kappa shape index (κ1) is 19.8. The highest BCUT2D eigenvalue weighted by molar-refractivity contribution is 6.33. The van der Waals surface area contributed by atoms with E-state index in [2.05, 4.69) is 32.3 Å². The summed E-state index contributed by atoms with van der Waals surface area (Å²) in [6.07, 6.45) is -1.53. The number of hydrogen-bond acceptors (Lipinski definition) is 6. The van der Waals surface area contributed by atoms with Crippen molar-refractivity contribution < 1.29 is 13.2 Å². The average molecular weight is 404 g/mol. The van der Waals surface area contributed by atoms with Crippen LogP contribution in [0.1, 0.15) is 31.2 Å². The third-order valence-corrected chi connectivity index (χ3v) is 4.79. The Morgan fingerprint density at radius 1 is 1.19 bits per heavy atom. The molecule has 2 aromatic rings. The quantitative estimate of drug-likeness (QED) is 0.739. The summed E-state index contributed by atoms with van der Waals surface area (Å²) in [7, 11) is 0. The van der Waals surface area contributed by atoms with E-state index in [4.69, 9.17) is 11.6 Å². The third-order valence-electron chi connectivity index (χ3n) is 4.52. The largest absolute Gasteiger partial charge is 0.417 e. The number of anilines is 1. The lowest BCUT2D eigenvalue weighted by atomic mass is 10.2. The molecule has 0 atom stereocenters. The number of hydrogen-bond donors (Lipinski definition) is 0. The number of nitrogens with zero attached hydrogens (tertiary/aromatic N) is 7. The Balaban J connectivity index is 1.59. The van der Waals surface area contributed by atoms with Gasteiger partial charge in [-0.1, -0.05) is 24.9 Å². The summed E-state index contributed by atoms with van der Waals surface area (Å²) in [5, 5.41) is 11.9. The molecule has 2 aromatic heterocycles. The molecule has 0 saturated carbocycles. The maximum atomic E-state index is 12.7. The Bertz CT molecular complexity index is 757. The van der Waals surface area contributed by atoms with Gasteiger partial charge in [-0.2, -0.15) is 13.2 Å². The highest BCUT2D eigenvalue weighted by atomic mass is 35.5. The summed E-state index contributed by atoms with van der Waals surface area (Å²) in [6, 6.07) is 0.929. The molecule has 148 valence electrons. The maximum absolute atomic E-state index is 12.7. The SMILES string of the molecule is CCCCn1nnnc1CN1CCN(c2ncc(C(F)(F)F)cc2Cl)CC1. The van der Waals surface area contributed by atoms with Crippen LogP contribution in [0.5, 0.6) is 0 Å². The van der Waals surface area contributed by atoms with Crippen LogP contribution in [0.25, 0.3) is 0 Å². The van der Waals surface area contributed by atoms with Gasteiger partial charge in [0.25, 0.3) is 0 Å². The van der Waals surface area contributed by atoms with Crippen LogP contribution in [0.4, 0.5) is 19.0 Å². The third kappa shape index (κ3) is 4.86. The Morgan fingerprint density at radius 2 is 1.93 bits per heavy atom. The minimum Gasteiger partial charge on any atom is -0.353 e. The van der Waals surface area contributed by atoms with Gasteiger partial charge in [0.05, 0.1) is 17.1 Å². The summed E-state index contributed by atoms with van der Waals surface area (Å²) >= 11 is 6.04. The molecule has 0 radical (unpaired) electrons. The second-order valence-electron chi connectivity index (χ2n) is 6.46. The van der Waals surface area contributed by atoms with E-state index >= 15 is 0 Å². The molecule has 0 aromatic carbocycles. The van der Waals surface area contributed by atoms with Crippen LogP contribution < -0.4 is 4.90 Å². The standard InChI is InChI=1S/C16H21ClF3N7/c1-2-3-4-27-14(22-23-24-27)11-25-5-7-26(8-6-25)15-13(17)9-12(10-21-15)16(18,19)20/h9-10H,2-8,11H2,1H3. The van der Waals surface area contributed by atoms with Crippen molar-refractivity contribution in [3.63, 3.8) is 0 Å². The molecule has 11 heteroatoms. The first-order valence-electron chi connectivity index (χ1n) is 8.83. The van der Waals surface area contributed by atoms with E-state index < -0.39 is 11.7 Å². The Labute approximate surface area is 160 Å². The van der Waals surface area contributed by atoms with E-state index in [1.165, 1.54) is 0 Å². The van der Waals surface area contributed by atoms with Gasteiger partial charge >= 0.3 is 6.18 Å². The first-order valence-corrected chi connectivity index (χ1v) is 9.21. The van der Waals surface area contributed by atoms with Crippen LogP contribution >= 0.6 is 11.6 Å². The number of aromatic nitrogens is 5. The molecule has 0 bridgehead atoms. The summed E-state index contributed by atoms with van der Waals surface area (Å²) in [6.45, 7) is 6.23. The van der Waals surface area contributed by atoms with E-state index in [0.29, 0.717) is 25.5 Å². The lowest BCUT2D eigenvalue weighted by Gasteiger charge is -2.35. The van der Waals surface area contributed by atoms with Gasteiger partial charge in [-0.25, -0.2) is 9.67 Å². The van der Waals surface area contributed by atoms with Gasteiger partial charge in [0, 0.05) is 38.9 Å². The molecule has 1 aliphatic heterocycles. The van der Waals surface area contributed by atoms with Gasteiger partial charge in [0.2, 0.25) is 0 Å². The molecule has 3 heterocycles. The van der Waals surface area contributed by atoms with Gasteiger partial charge in [0.1, 0.15) is 5.82 Å². The van der Waals surface area contributed by atoms with Gasteiger partial charge in [-0.3, -0.25) is 4.90 Å². The van der Waals surface area contributed by atoms with E-state index in [1.54, 1.807) is 0 Å². The normalized spacial score (nSPS) is 16.1. The summed E-state index contributed by atoms with van der Waals surface area (Å²) in [5.41, 5.74) is -0.839. The molecule has 0 spiro atoms. The molecule has 0 unspecified atom stereocenters. The number of rotatable bonds is 6. The van der Waals surface area contributed by atoms with Crippen molar-refractivity contribution in [2.75, 3.05) is 31.1 Å². The smallest absolute Gasteiger partial charge is 0.353 e. The molecule has 1 aliphatic rings. The van der Waals surface area contributed by atoms with Crippen LogP contribution in [0.2, 0.25) is 5.02 Å². The lowest BCUT2D eigenvalue weighted by molar-refractivity contribution is -0.137. The van der Waals surface area contributed by atoms with Crippen molar-refractivity contribution in [2.24, 2.45) is 0 Å². The molecule has 0 N–H and O–H groups in total. The molecule has 7 nitrogen and oxygen atoms in total. The molecular formula is C16H21ClF3N7. The van der Waals surface area contributed by atoms with E-state index in [0.717, 1.165) is 50.6 Å². The van der Waals surface area contributed by atoms with Crippen LogP contribution in [-0.2, 0) is 19.3 Å². The zero-order valence-electron chi connectivity index (χ0n) is 15.0. The van der Waals surface area contributed by atoms with E-state index in [9.17, 15) is 13.2 Å². The number of unbranched alkanes of at least 4 members (excludes halogenated alkanes) is 1. The molecule has 0 amide bonds. The number of tetrazole rings is 1. The lowest BCUT2D eigenvalue weighted by Crippen LogP contribution is -2.46. The van der Waals surface area contributed by atoms with Crippen molar-refractivity contribution >= 4 is 17.4 Å². The molecular weight excluding hydrogens is 383 g/mol. The van der Waals surface area contributed by atoms with Gasteiger partial charge in [-0.05, 0) is 22.9 Å². The van der Waals surface area contributed by atoms with Crippen molar-refractivity contribution in [3.8, 4) is 0 Å². The first-order chi connectivity index (χ1) is 12.9. The minimum absolute atomic E-state index is 0.0155. The monoisotopic (exact) mass is 403 g/mol. The zero-order valence-corrected chi connectivity index (χ0v) is 15.7. The van der Waals surface area contributed by atoms with Crippen LogP contribution in [0.3, 0.4) is 0 Å². The predicted molar refractivity (Wildman–Crippen MR) is 94.5 cm³/mol. The number of piperazine rings is 1. The van der Waals surface area contributed by atoms with Gasteiger partial charge in [-0.15, -0.1) is 5.10 Å². The number of pyridine rings is 1. The fourth-order valence-electron chi connectivity index (χ4n) is 2.95. The molecule has 1 fully saturated rings. The fraction of sp³-hybridized carbons (Fsp3) is 0.625. The highest BCUT2D eigenvalue weighted by Gasteiger charge is 2.32. The van der Waals surface area contributed by atoms with E-state index in [-0.39, 0.29) is 5.02 Å². The second kappa shape index (κ2) is 8.39. The molecule has 0 aliphatic carbocycles. The summed E-state index contributed by atoms with van der Waals surface area (Å²) < 4.78 is 40.1. The molecule has 3 rings (SSSR count). The average Bonchev–Trinajstić information content (AvgIpc) is 3.07. The Morgan fingerprint density at radius 3 is 2.56 bits per heavy atom. The van der Waals surface area contributed by atoms with Crippen LogP contribution in [0, 0.1) is 0 Å². The minimum atomic E-state index is -4.45. The maximum Gasteiger partial charge on any atom is 0.417 e. The van der Waals surface area contributed by atoms with Crippen LogP contribution in [-0.4, -0.2) is 56.3 Å². The second-order valence-corrected chi connectivity index (χ2v) is 6.87. The molecule has 1 saturated heterocycles. The summed E-state index contributed by atoms with van der Waals surface area (Å²) in [5.74, 6) is 1.21. The van der Waals surface area contributed by atoms with Crippen molar-refractivity contribution in [2.45, 2.75) is 39.0 Å². The van der Waals surface area contributed by atoms with Crippen molar-refractivity contribution in [3.05, 3.63) is 28.7 Å². The number of halogens is 4. The van der Waals surface area contributed by atoms with Gasteiger partial charge in [0.15, 0.2) is 5.82 Å². The number of alkyl halides is 3. The van der Waals surface area contributed by atoms with Crippen molar-refractivity contribution in [1.29, 1.82) is 0 Å². The topological polar surface area (TPSA) is 63.0 Å². The van der Waals surface area contributed by atoms with Gasteiger partial charge < -0.3 is 4.90 Å².